The molecule has 0 aliphatic heterocycles. The lowest BCUT2D eigenvalue weighted by Crippen LogP contribution is -2.10. The Hall–Kier alpha value is -3.48. The number of carbonyl (C=O) groups is 2. The maximum atomic E-state index is 11.9. The van der Waals surface area contributed by atoms with Crippen LogP contribution < -0.4 is 5.32 Å². The summed E-state index contributed by atoms with van der Waals surface area (Å²) >= 11 is 0. The second kappa shape index (κ2) is 6.74. The summed E-state index contributed by atoms with van der Waals surface area (Å²) in [5.74, 6) is -3.36. The third-order valence-corrected chi connectivity index (χ3v) is 3.32. The number of carboxylic acid groups (broad SMARTS) is 1. The molecule has 0 aliphatic carbocycles. The van der Waals surface area contributed by atoms with Crippen molar-refractivity contribution in [2.24, 2.45) is 0 Å². The number of nitrogens with one attached hydrogen (secondary N) is 1. The fraction of sp³-hybridized carbons (Fsp3) is 0.0588. The monoisotopic (exact) mass is 329 g/mol. The highest BCUT2D eigenvalue weighted by atomic mass is 16.4. The lowest BCUT2D eigenvalue weighted by Gasteiger charge is -2.08. The minimum Gasteiger partial charge on any atom is -0.504 e. The number of carbonyl (C=O) groups excluding carboxylic acids is 1. The van der Waals surface area contributed by atoms with Crippen LogP contribution in [0.5, 0.6) is 17.2 Å². The van der Waals surface area contributed by atoms with Crippen molar-refractivity contribution in [3.63, 3.8) is 0 Å². The van der Waals surface area contributed by atoms with E-state index >= 15 is 0 Å². The van der Waals surface area contributed by atoms with E-state index < -0.39 is 29.1 Å². The molecule has 2 aromatic rings. The first-order chi connectivity index (χ1) is 11.3. The number of hydrogen-bond acceptors (Lipinski definition) is 5. The summed E-state index contributed by atoms with van der Waals surface area (Å²) < 4.78 is 0. The molecule has 24 heavy (non-hydrogen) atoms. The van der Waals surface area contributed by atoms with Crippen molar-refractivity contribution in [1.29, 1.82) is 0 Å². The van der Waals surface area contributed by atoms with Crippen LogP contribution in [0.4, 0.5) is 5.69 Å². The van der Waals surface area contributed by atoms with Crippen molar-refractivity contribution in [2.75, 3.05) is 5.32 Å². The molecule has 0 aliphatic rings. The largest absolute Gasteiger partial charge is 0.504 e. The van der Waals surface area contributed by atoms with Crippen LogP contribution in [0.25, 0.3) is 6.08 Å². The first-order valence-corrected chi connectivity index (χ1v) is 6.86. The number of rotatable bonds is 4. The van der Waals surface area contributed by atoms with E-state index in [0.29, 0.717) is 11.3 Å². The highest BCUT2D eigenvalue weighted by molar-refractivity contribution is 6.03. The number of hydrogen-bond donors (Lipinski definition) is 5. The number of aromatic carboxylic acids is 1. The first kappa shape index (κ1) is 16.9. The summed E-state index contributed by atoms with van der Waals surface area (Å²) in [4.78, 5) is 22.9. The summed E-state index contributed by atoms with van der Waals surface area (Å²) in [6.07, 6.45) is 2.36. The van der Waals surface area contributed by atoms with E-state index in [0.717, 1.165) is 6.08 Å². The van der Waals surface area contributed by atoms with Gasteiger partial charge in [0.2, 0.25) is 11.7 Å². The molecule has 0 unspecified atom stereocenters. The van der Waals surface area contributed by atoms with Crippen molar-refractivity contribution in [2.45, 2.75) is 6.92 Å². The van der Waals surface area contributed by atoms with Crippen LogP contribution in [-0.2, 0) is 4.79 Å². The third kappa shape index (κ3) is 3.64. The van der Waals surface area contributed by atoms with Crippen molar-refractivity contribution < 1.29 is 30.0 Å². The molecule has 0 saturated carbocycles. The Labute approximate surface area is 137 Å². The van der Waals surface area contributed by atoms with Gasteiger partial charge in [-0.05, 0) is 42.8 Å². The molecular formula is C17H15NO6. The van der Waals surface area contributed by atoms with Gasteiger partial charge in [-0.25, -0.2) is 4.79 Å². The molecule has 7 nitrogen and oxygen atoms in total. The Kier molecular flexibility index (Phi) is 4.74. The molecule has 0 heterocycles. The van der Waals surface area contributed by atoms with Crippen LogP contribution in [0.3, 0.4) is 0 Å². The van der Waals surface area contributed by atoms with Gasteiger partial charge < -0.3 is 25.7 Å². The van der Waals surface area contributed by atoms with Crippen LogP contribution in [-0.4, -0.2) is 32.3 Å². The van der Waals surface area contributed by atoms with E-state index in [1.807, 2.05) is 0 Å². The van der Waals surface area contributed by atoms with Gasteiger partial charge in [0.05, 0.1) is 5.56 Å². The molecule has 2 aromatic carbocycles. The molecular weight excluding hydrogens is 314 g/mol. The molecule has 0 radical (unpaired) electrons. The molecule has 0 atom stereocenters. The van der Waals surface area contributed by atoms with Gasteiger partial charge in [-0.2, -0.15) is 0 Å². The Bertz CT molecular complexity index is 841. The van der Waals surface area contributed by atoms with Crippen LogP contribution in [0.1, 0.15) is 21.5 Å². The molecule has 0 spiro atoms. The second-order valence-corrected chi connectivity index (χ2v) is 5.03. The number of aromatic hydroxyl groups is 3. The van der Waals surface area contributed by atoms with Crippen LogP contribution in [0.15, 0.2) is 36.4 Å². The first-order valence-electron chi connectivity index (χ1n) is 6.86. The number of benzene rings is 2. The lowest BCUT2D eigenvalue weighted by atomic mass is 10.1. The summed E-state index contributed by atoms with van der Waals surface area (Å²) in [6, 6.07) is 6.85. The zero-order chi connectivity index (χ0) is 17.9. The molecule has 5 N–H and O–H groups in total. The van der Waals surface area contributed by atoms with Gasteiger partial charge >= 0.3 is 5.97 Å². The predicted molar refractivity (Wildman–Crippen MR) is 87.2 cm³/mol. The van der Waals surface area contributed by atoms with E-state index in [1.165, 1.54) is 30.3 Å². The quantitative estimate of drug-likeness (QED) is 0.433. The van der Waals surface area contributed by atoms with Crippen LogP contribution >= 0.6 is 0 Å². The zero-order valence-corrected chi connectivity index (χ0v) is 12.6. The van der Waals surface area contributed by atoms with E-state index in [9.17, 15) is 24.9 Å². The molecule has 0 saturated heterocycles. The molecule has 1 amide bonds. The Morgan fingerprint density at radius 2 is 1.75 bits per heavy atom. The topological polar surface area (TPSA) is 127 Å². The lowest BCUT2D eigenvalue weighted by molar-refractivity contribution is -0.111. The van der Waals surface area contributed by atoms with Crippen molar-refractivity contribution in [3.8, 4) is 17.2 Å². The van der Waals surface area contributed by atoms with Crippen LogP contribution in [0, 0.1) is 6.92 Å². The third-order valence-electron chi connectivity index (χ3n) is 3.32. The minimum absolute atomic E-state index is 0.0426. The van der Waals surface area contributed by atoms with E-state index in [-0.39, 0.29) is 11.1 Å². The van der Waals surface area contributed by atoms with Gasteiger partial charge in [0.1, 0.15) is 0 Å². The maximum Gasteiger partial charge on any atom is 0.335 e. The van der Waals surface area contributed by atoms with E-state index in [4.69, 9.17) is 5.11 Å². The summed E-state index contributed by atoms with van der Waals surface area (Å²) in [6.45, 7) is 1.72. The number of phenols is 3. The Morgan fingerprint density at radius 1 is 1.04 bits per heavy atom. The number of aryl methyl sites for hydroxylation is 1. The minimum atomic E-state index is -1.11. The van der Waals surface area contributed by atoms with Gasteiger partial charge in [0.15, 0.2) is 11.5 Å². The van der Waals surface area contributed by atoms with Gasteiger partial charge in [0, 0.05) is 17.3 Å². The van der Waals surface area contributed by atoms with Crippen molar-refractivity contribution in [3.05, 3.63) is 53.1 Å². The van der Waals surface area contributed by atoms with Gasteiger partial charge in [-0.1, -0.05) is 6.07 Å². The van der Waals surface area contributed by atoms with E-state index in [1.54, 1.807) is 13.0 Å². The smallest absolute Gasteiger partial charge is 0.335 e. The number of amides is 1. The number of phenolic OH excluding ortho intramolecular Hbond substituents is 3. The maximum absolute atomic E-state index is 11.9. The number of carboxylic acids is 1. The predicted octanol–water partition coefficient (Wildman–Crippen LogP) is 2.46. The summed E-state index contributed by atoms with van der Waals surface area (Å²) in [5.41, 5.74) is 1.21. The van der Waals surface area contributed by atoms with Crippen LogP contribution in [0.2, 0.25) is 0 Å². The standard InChI is InChI=1S/C17H15NO6/c1-9-2-3-11(17(23)24)8-12(9)18-14(20)7-5-10-4-6-13(19)16(22)15(10)21/h2-8,19,21-22H,1H3,(H,18,20)(H,23,24)/b7-5+. The Morgan fingerprint density at radius 3 is 2.42 bits per heavy atom. The normalized spacial score (nSPS) is 10.7. The van der Waals surface area contributed by atoms with Gasteiger partial charge in [0.25, 0.3) is 0 Å². The molecule has 2 rings (SSSR count). The van der Waals surface area contributed by atoms with Gasteiger partial charge in [-0.15, -0.1) is 0 Å². The fourth-order valence-corrected chi connectivity index (χ4v) is 1.95. The zero-order valence-electron chi connectivity index (χ0n) is 12.6. The molecule has 7 heteroatoms. The number of anilines is 1. The van der Waals surface area contributed by atoms with Crippen molar-refractivity contribution >= 4 is 23.6 Å². The molecule has 0 fully saturated rings. The Balaban J connectivity index is 2.18. The molecule has 0 bridgehead atoms. The highest BCUT2D eigenvalue weighted by Gasteiger charge is 2.10. The fourth-order valence-electron chi connectivity index (χ4n) is 1.95. The summed E-state index contributed by atoms with van der Waals surface area (Å²) in [5, 5.41) is 39.8. The average molecular weight is 329 g/mol. The molecule has 0 aromatic heterocycles. The molecule has 124 valence electrons. The van der Waals surface area contributed by atoms with Crippen molar-refractivity contribution in [1.82, 2.24) is 0 Å². The highest BCUT2D eigenvalue weighted by Crippen LogP contribution is 2.37. The average Bonchev–Trinajstić information content (AvgIpc) is 2.54. The van der Waals surface area contributed by atoms with Gasteiger partial charge in [-0.3, -0.25) is 4.79 Å². The second-order valence-electron chi connectivity index (χ2n) is 5.03. The summed E-state index contributed by atoms with van der Waals surface area (Å²) in [7, 11) is 0. The SMILES string of the molecule is Cc1ccc(C(=O)O)cc1NC(=O)/C=C/c1ccc(O)c(O)c1O. The van der Waals surface area contributed by atoms with E-state index in [2.05, 4.69) is 5.32 Å².